The minimum Gasteiger partial charge on any atom is -0.326 e. The standard InChI is InChI=1S/C20H11ClF3IN4O4/c21-9-5-7-10(8-6-9)29-14-13(16(31)27-18(29)33)19(17(32)26-14,20(22,23)24)28-15(30)11-3-1-2-4-12(11)25/h1-8H,(H,26,32)(H,28,30)(H,27,31,33)/t19-/m1/s1. The van der Waals surface area contributed by atoms with Gasteiger partial charge in [0.25, 0.3) is 22.9 Å². The van der Waals surface area contributed by atoms with Crippen LogP contribution >= 0.6 is 34.2 Å². The van der Waals surface area contributed by atoms with Gasteiger partial charge in [0.1, 0.15) is 11.4 Å². The lowest BCUT2D eigenvalue weighted by molar-refractivity contribution is -0.196. The first-order valence-corrected chi connectivity index (χ1v) is 10.5. The van der Waals surface area contributed by atoms with E-state index in [0.29, 0.717) is 8.14 Å². The number of amides is 2. The average Bonchev–Trinajstić information content (AvgIpc) is 3.02. The highest BCUT2D eigenvalue weighted by atomic mass is 127. The molecule has 0 fully saturated rings. The normalized spacial score (nSPS) is 17.4. The van der Waals surface area contributed by atoms with E-state index in [-0.39, 0.29) is 16.3 Å². The number of fused-ring (bicyclic) bond motifs is 1. The molecule has 4 rings (SSSR count). The van der Waals surface area contributed by atoms with Crippen LogP contribution < -0.4 is 21.9 Å². The van der Waals surface area contributed by atoms with Crippen molar-refractivity contribution in [2.45, 2.75) is 11.7 Å². The summed E-state index contributed by atoms with van der Waals surface area (Å²) < 4.78 is 44.4. The summed E-state index contributed by atoms with van der Waals surface area (Å²) >= 11 is 7.58. The van der Waals surface area contributed by atoms with E-state index < -0.39 is 46.2 Å². The number of carbonyl (C=O) groups is 2. The highest BCUT2D eigenvalue weighted by molar-refractivity contribution is 14.1. The van der Waals surface area contributed by atoms with Crippen molar-refractivity contribution < 1.29 is 22.8 Å². The second kappa shape index (κ2) is 8.02. The van der Waals surface area contributed by atoms with Gasteiger partial charge in [-0.2, -0.15) is 13.2 Å². The molecule has 3 aromatic rings. The molecule has 33 heavy (non-hydrogen) atoms. The van der Waals surface area contributed by atoms with Crippen LogP contribution in [0, 0.1) is 3.57 Å². The molecule has 1 atom stereocenters. The molecule has 3 N–H and O–H groups in total. The third-order valence-electron chi connectivity index (χ3n) is 4.99. The van der Waals surface area contributed by atoms with E-state index in [4.69, 9.17) is 11.6 Å². The first kappa shape index (κ1) is 23.0. The average molecular weight is 591 g/mol. The van der Waals surface area contributed by atoms with E-state index in [1.807, 2.05) is 5.32 Å². The molecule has 1 aromatic heterocycles. The van der Waals surface area contributed by atoms with Crippen LogP contribution in [0.25, 0.3) is 5.69 Å². The molecule has 0 unspecified atom stereocenters. The fourth-order valence-corrected chi connectivity index (χ4v) is 4.26. The second-order valence-corrected chi connectivity index (χ2v) is 8.53. The van der Waals surface area contributed by atoms with E-state index in [1.54, 1.807) is 39.0 Å². The van der Waals surface area contributed by atoms with Crippen LogP contribution in [0.5, 0.6) is 0 Å². The predicted molar refractivity (Wildman–Crippen MR) is 121 cm³/mol. The van der Waals surface area contributed by atoms with Crippen LogP contribution in [0.1, 0.15) is 15.9 Å². The Labute approximate surface area is 200 Å². The van der Waals surface area contributed by atoms with E-state index in [9.17, 15) is 32.3 Å². The Morgan fingerprint density at radius 2 is 1.70 bits per heavy atom. The Morgan fingerprint density at radius 1 is 1.06 bits per heavy atom. The van der Waals surface area contributed by atoms with Gasteiger partial charge in [-0.1, -0.05) is 23.7 Å². The Bertz CT molecular complexity index is 1420. The summed E-state index contributed by atoms with van der Waals surface area (Å²) in [6.07, 6.45) is -5.44. The highest BCUT2D eigenvalue weighted by Gasteiger charge is 2.68. The summed E-state index contributed by atoms with van der Waals surface area (Å²) in [7, 11) is 0. The van der Waals surface area contributed by atoms with Crippen LogP contribution in [0.15, 0.2) is 58.1 Å². The fourth-order valence-electron chi connectivity index (χ4n) is 3.50. The maximum atomic E-state index is 14.5. The number of rotatable bonds is 3. The molecule has 1 aliphatic rings. The molecule has 0 saturated carbocycles. The molecule has 8 nitrogen and oxygen atoms in total. The van der Waals surface area contributed by atoms with Gasteiger partial charge in [-0.25, -0.2) is 9.36 Å². The summed E-state index contributed by atoms with van der Waals surface area (Å²) in [6, 6.07) is 11.1. The number of anilines is 1. The van der Waals surface area contributed by atoms with Crippen LogP contribution in [0.2, 0.25) is 5.02 Å². The van der Waals surface area contributed by atoms with Crippen LogP contribution in [0.3, 0.4) is 0 Å². The molecule has 170 valence electrons. The second-order valence-electron chi connectivity index (χ2n) is 6.93. The SMILES string of the molecule is O=C(N[C@@]1(C(F)(F)F)C(=O)Nc2c1c(=O)[nH]c(=O)n2-c1ccc(Cl)cc1)c1ccccc1I. The number of carbonyl (C=O) groups excluding carboxylic acids is 2. The zero-order valence-electron chi connectivity index (χ0n) is 16.1. The van der Waals surface area contributed by atoms with E-state index in [2.05, 4.69) is 0 Å². The quantitative estimate of drug-likeness (QED) is 0.407. The van der Waals surface area contributed by atoms with Crippen LogP contribution in [-0.2, 0) is 10.3 Å². The zero-order chi connectivity index (χ0) is 24.1. The van der Waals surface area contributed by atoms with Crippen LogP contribution in [0.4, 0.5) is 19.0 Å². The van der Waals surface area contributed by atoms with Gasteiger partial charge >= 0.3 is 11.9 Å². The van der Waals surface area contributed by atoms with Crippen molar-refractivity contribution in [3.8, 4) is 5.69 Å². The lowest BCUT2D eigenvalue weighted by Gasteiger charge is -2.30. The molecule has 0 spiro atoms. The van der Waals surface area contributed by atoms with E-state index >= 15 is 0 Å². The van der Waals surface area contributed by atoms with E-state index in [1.165, 1.54) is 42.5 Å². The Balaban J connectivity index is 1.98. The Kier molecular flexibility index (Phi) is 5.60. The van der Waals surface area contributed by atoms with Gasteiger partial charge in [0.2, 0.25) is 0 Å². The topological polar surface area (TPSA) is 113 Å². The monoisotopic (exact) mass is 590 g/mol. The molecule has 0 bridgehead atoms. The summed E-state index contributed by atoms with van der Waals surface area (Å²) in [5.74, 6) is -3.68. The summed E-state index contributed by atoms with van der Waals surface area (Å²) in [6.45, 7) is 0. The number of nitrogens with one attached hydrogen (secondary N) is 3. The number of halogens is 5. The number of aromatic nitrogens is 2. The third kappa shape index (κ3) is 3.62. The Hall–Kier alpha value is -3.13. The van der Waals surface area contributed by atoms with Gasteiger partial charge < -0.3 is 10.6 Å². The van der Waals surface area contributed by atoms with Crippen molar-refractivity contribution in [2.24, 2.45) is 0 Å². The van der Waals surface area contributed by atoms with Gasteiger partial charge in [-0.05, 0) is 59.0 Å². The molecule has 0 saturated heterocycles. The van der Waals surface area contributed by atoms with Crippen molar-refractivity contribution >= 4 is 51.8 Å². The number of hydrogen-bond donors (Lipinski definition) is 3. The fraction of sp³-hybridized carbons (Fsp3) is 0.100. The van der Waals surface area contributed by atoms with Crippen molar-refractivity contribution in [1.29, 1.82) is 0 Å². The first-order valence-electron chi connectivity index (χ1n) is 9.08. The zero-order valence-corrected chi connectivity index (χ0v) is 19.0. The van der Waals surface area contributed by atoms with Gasteiger partial charge in [-0.3, -0.25) is 19.4 Å². The molecule has 2 aromatic carbocycles. The number of H-pyrrole nitrogens is 1. The summed E-state index contributed by atoms with van der Waals surface area (Å²) in [5.41, 5.74) is -7.58. The number of benzene rings is 2. The molecular formula is C20H11ClF3IN4O4. The van der Waals surface area contributed by atoms with Gasteiger partial charge in [0.15, 0.2) is 0 Å². The summed E-state index contributed by atoms with van der Waals surface area (Å²) in [4.78, 5) is 52.5. The van der Waals surface area contributed by atoms with E-state index in [0.717, 1.165) is 0 Å². The summed E-state index contributed by atoms with van der Waals surface area (Å²) in [5, 5.41) is 3.95. The maximum Gasteiger partial charge on any atom is 0.425 e. The molecule has 2 heterocycles. The van der Waals surface area contributed by atoms with Crippen molar-refractivity contribution in [1.82, 2.24) is 14.9 Å². The smallest absolute Gasteiger partial charge is 0.326 e. The molecule has 2 amide bonds. The first-order chi connectivity index (χ1) is 15.5. The van der Waals surface area contributed by atoms with Crippen LogP contribution in [-0.4, -0.2) is 27.5 Å². The minimum absolute atomic E-state index is 0.0270. The van der Waals surface area contributed by atoms with Crippen molar-refractivity contribution in [3.05, 3.63) is 89.1 Å². The molecule has 13 heteroatoms. The molecular weight excluding hydrogens is 580 g/mol. The highest BCUT2D eigenvalue weighted by Crippen LogP contribution is 2.45. The largest absolute Gasteiger partial charge is 0.425 e. The van der Waals surface area contributed by atoms with Gasteiger partial charge in [0, 0.05) is 8.59 Å². The maximum absolute atomic E-state index is 14.5. The number of hydrogen-bond acceptors (Lipinski definition) is 4. The van der Waals surface area contributed by atoms with Crippen molar-refractivity contribution in [2.75, 3.05) is 5.32 Å². The van der Waals surface area contributed by atoms with Crippen molar-refractivity contribution in [3.63, 3.8) is 0 Å². The lowest BCUT2D eigenvalue weighted by Crippen LogP contribution is -2.62. The molecule has 0 aliphatic carbocycles. The Morgan fingerprint density at radius 3 is 2.30 bits per heavy atom. The number of alkyl halides is 3. The lowest BCUT2D eigenvalue weighted by atomic mass is 9.91. The molecule has 1 aliphatic heterocycles. The van der Waals surface area contributed by atoms with Gasteiger partial charge in [-0.15, -0.1) is 0 Å². The number of aromatic amines is 1. The molecule has 0 radical (unpaired) electrons. The minimum atomic E-state index is -5.44. The predicted octanol–water partition coefficient (Wildman–Crippen LogP) is 2.92. The van der Waals surface area contributed by atoms with Gasteiger partial charge in [0.05, 0.1) is 11.3 Å². The number of nitrogens with zero attached hydrogens (tertiary/aromatic N) is 1. The third-order valence-corrected chi connectivity index (χ3v) is 6.18.